The number of hydrogen-bond donors (Lipinski definition) is 1. The number of esters is 1. The van der Waals surface area contributed by atoms with E-state index in [1.165, 1.54) is 24.4 Å². The molecule has 0 bridgehead atoms. The molecular weight excluding hydrogens is 622 g/mol. The molecule has 2 N–H and O–H groups in total. The summed E-state index contributed by atoms with van der Waals surface area (Å²) in [6, 6.07) is 21.0. The van der Waals surface area contributed by atoms with E-state index in [0.717, 1.165) is 32.7 Å². The minimum absolute atomic E-state index is 0.0742. The molecule has 0 aliphatic carbocycles. The van der Waals surface area contributed by atoms with Crippen LogP contribution in [0.4, 0.5) is 27.9 Å². The van der Waals surface area contributed by atoms with Gasteiger partial charge in [-0.15, -0.1) is 0 Å². The molecule has 1 atom stereocenters. The molecule has 0 fully saturated rings. The Kier molecular flexibility index (Phi) is 9.54. The van der Waals surface area contributed by atoms with Crippen LogP contribution in [0.3, 0.4) is 0 Å². The summed E-state index contributed by atoms with van der Waals surface area (Å²) < 4.78 is 37.4. The molecule has 3 aromatic carbocycles. The average Bonchev–Trinajstić information content (AvgIpc) is 3.34. The number of nitrogens with two attached hydrogens (primary N) is 1. The summed E-state index contributed by atoms with van der Waals surface area (Å²) in [6.45, 7) is 4.90. The largest absolute Gasteiger partial charge is 0.461 e. The van der Waals surface area contributed by atoms with Crippen LogP contribution in [-0.4, -0.2) is 53.9 Å². The van der Waals surface area contributed by atoms with Crippen molar-refractivity contribution in [3.8, 4) is 0 Å². The molecule has 5 rings (SSSR count). The van der Waals surface area contributed by atoms with Crippen molar-refractivity contribution in [3.05, 3.63) is 95.8 Å². The number of nitrogens with zero attached hydrogens (tertiary/aromatic N) is 6. The van der Waals surface area contributed by atoms with Gasteiger partial charge in [0.15, 0.2) is 0 Å². The molecule has 5 aromatic rings. The zero-order valence-corrected chi connectivity index (χ0v) is 27.4. The van der Waals surface area contributed by atoms with Gasteiger partial charge in [0.25, 0.3) is 0 Å². The lowest BCUT2D eigenvalue weighted by atomic mass is 10.2. The Balaban J connectivity index is 1.43. The molecule has 0 aliphatic heterocycles. The predicted octanol–water partition coefficient (Wildman–Crippen LogP) is 5.05. The zero-order valence-electron chi connectivity index (χ0n) is 26.6. The van der Waals surface area contributed by atoms with E-state index in [4.69, 9.17) is 14.6 Å². The first kappa shape index (κ1) is 33.0. The minimum Gasteiger partial charge on any atom is -0.461 e. The average molecular weight is 658 g/mol. The van der Waals surface area contributed by atoms with Gasteiger partial charge in [-0.1, -0.05) is 36.4 Å². The lowest BCUT2D eigenvalue weighted by Gasteiger charge is -2.24. The number of fused-ring (bicyclic) bond motifs is 1. The van der Waals surface area contributed by atoms with E-state index in [-0.39, 0.29) is 29.7 Å². The van der Waals surface area contributed by atoms with Crippen molar-refractivity contribution in [2.24, 2.45) is 18.1 Å². The molecule has 0 unspecified atom stereocenters. The predicted molar refractivity (Wildman–Crippen MR) is 177 cm³/mol. The van der Waals surface area contributed by atoms with Crippen molar-refractivity contribution in [2.45, 2.75) is 32.3 Å². The van der Waals surface area contributed by atoms with Crippen molar-refractivity contribution < 1.29 is 27.5 Å². The van der Waals surface area contributed by atoms with E-state index in [1.54, 1.807) is 31.9 Å². The lowest BCUT2D eigenvalue weighted by molar-refractivity contribution is -0.150. The molecule has 0 spiro atoms. The second-order valence-electron chi connectivity index (χ2n) is 11.1. The van der Waals surface area contributed by atoms with Crippen molar-refractivity contribution in [1.82, 2.24) is 19.7 Å². The molecule has 0 saturated carbocycles. The van der Waals surface area contributed by atoms with E-state index >= 15 is 0 Å². The number of amides is 1. The third-order valence-corrected chi connectivity index (χ3v) is 8.73. The number of anilines is 4. The molecule has 14 heteroatoms. The summed E-state index contributed by atoms with van der Waals surface area (Å²) >= 11 is 0. The Bertz CT molecular complexity index is 2050. The maximum atomic E-state index is 13.7. The lowest BCUT2D eigenvalue weighted by Crippen LogP contribution is -2.32. The first-order valence-corrected chi connectivity index (χ1v) is 16.2. The Labute approximate surface area is 272 Å². The highest BCUT2D eigenvalue weighted by atomic mass is 32.2. The van der Waals surface area contributed by atoms with Gasteiger partial charge < -0.3 is 14.4 Å². The number of aryl methyl sites for hydroxylation is 3. The van der Waals surface area contributed by atoms with Gasteiger partial charge in [0.1, 0.15) is 19.0 Å². The van der Waals surface area contributed by atoms with Gasteiger partial charge >= 0.3 is 12.1 Å². The first-order chi connectivity index (χ1) is 22.3. The van der Waals surface area contributed by atoms with E-state index in [9.17, 15) is 18.0 Å². The van der Waals surface area contributed by atoms with Crippen molar-refractivity contribution in [2.75, 3.05) is 23.5 Å². The number of hydrogen-bond acceptors (Lipinski definition) is 10. The highest BCUT2D eigenvalue weighted by molar-refractivity contribution is 7.89. The fourth-order valence-corrected chi connectivity index (χ4v) is 5.63. The van der Waals surface area contributed by atoms with Crippen LogP contribution >= 0.6 is 0 Å². The zero-order chi connectivity index (χ0) is 33.9. The van der Waals surface area contributed by atoms with Gasteiger partial charge in [-0.25, -0.2) is 28.2 Å². The molecule has 13 nitrogen and oxygen atoms in total. The third-order valence-electron chi connectivity index (χ3n) is 7.68. The fourth-order valence-electron chi connectivity index (χ4n) is 4.83. The van der Waals surface area contributed by atoms with Gasteiger partial charge in [-0.2, -0.15) is 10.1 Å². The number of rotatable bonds is 10. The first-order valence-electron chi connectivity index (χ1n) is 14.6. The number of benzene rings is 3. The highest BCUT2D eigenvalue weighted by Crippen LogP contribution is 2.31. The van der Waals surface area contributed by atoms with Crippen molar-refractivity contribution in [3.63, 3.8) is 0 Å². The molecule has 0 aliphatic rings. The molecule has 0 radical (unpaired) electrons. The molecule has 244 valence electrons. The van der Waals surface area contributed by atoms with Crippen LogP contribution in [0.5, 0.6) is 0 Å². The second kappa shape index (κ2) is 13.6. The van der Waals surface area contributed by atoms with Crippen molar-refractivity contribution in [1.29, 1.82) is 0 Å². The summed E-state index contributed by atoms with van der Waals surface area (Å²) in [7, 11) is -0.453. The second-order valence-corrected chi connectivity index (χ2v) is 12.6. The van der Waals surface area contributed by atoms with Gasteiger partial charge in [0, 0.05) is 37.1 Å². The monoisotopic (exact) mass is 657 g/mol. The Hall–Kier alpha value is -5.34. The Morgan fingerprint density at radius 3 is 2.43 bits per heavy atom. The molecular formula is C33H35N7O6S. The molecule has 47 heavy (non-hydrogen) atoms. The minimum atomic E-state index is -4.14. The van der Waals surface area contributed by atoms with Gasteiger partial charge in [0.2, 0.25) is 16.0 Å². The SMILES string of the molecule is Cc1ccc(N(C(=O)OC[C@H](C)C(=O)OCc2ccccc2)c2nccc(N(C)c3ccc4c(C)n(C)nc4c3)n2)cc1S(N)(=O)=O. The Morgan fingerprint density at radius 1 is 0.979 bits per heavy atom. The summed E-state index contributed by atoms with van der Waals surface area (Å²) in [5, 5.41) is 11.0. The van der Waals surface area contributed by atoms with Crippen LogP contribution in [0.2, 0.25) is 0 Å². The van der Waals surface area contributed by atoms with Crippen LogP contribution in [0, 0.1) is 19.8 Å². The Morgan fingerprint density at radius 2 is 1.70 bits per heavy atom. The summed E-state index contributed by atoms with van der Waals surface area (Å²) in [6.07, 6.45) is 0.526. The summed E-state index contributed by atoms with van der Waals surface area (Å²) in [5.74, 6) is -1.03. The molecule has 2 aromatic heterocycles. The number of ether oxygens (including phenoxy) is 2. The van der Waals surface area contributed by atoms with Crippen LogP contribution in [-0.2, 0) is 37.9 Å². The highest BCUT2D eigenvalue weighted by Gasteiger charge is 2.27. The van der Waals surface area contributed by atoms with Crippen LogP contribution in [0.15, 0.2) is 83.9 Å². The number of carbonyl (C=O) groups excluding carboxylic acids is 2. The van der Waals surface area contributed by atoms with E-state index in [1.807, 2.05) is 67.2 Å². The maximum absolute atomic E-state index is 13.7. The smallest absolute Gasteiger partial charge is 0.421 e. The summed E-state index contributed by atoms with van der Waals surface area (Å²) in [4.78, 5) is 37.9. The van der Waals surface area contributed by atoms with Gasteiger partial charge in [-0.3, -0.25) is 9.48 Å². The molecule has 0 saturated heterocycles. The normalized spacial score (nSPS) is 12.0. The quantitative estimate of drug-likeness (QED) is 0.201. The van der Waals surface area contributed by atoms with Gasteiger partial charge in [0.05, 0.1) is 22.0 Å². The van der Waals surface area contributed by atoms with Crippen LogP contribution in [0.1, 0.15) is 23.7 Å². The maximum Gasteiger partial charge on any atom is 0.421 e. The molecule has 2 heterocycles. The summed E-state index contributed by atoms with van der Waals surface area (Å²) in [5.41, 5.74) is 3.91. The number of aromatic nitrogens is 4. The number of carbonyl (C=O) groups is 2. The fraction of sp³-hybridized carbons (Fsp3) is 0.242. The van der Waals surface area contributed by atoms with E-state index in [2.05, 4.69) is 15.1 Å². The van der Waals surface area contributed by atoms with E-state index in [0.29, 0.717) is 11.4 Å². The van der Waals surface area contributed by atoms with Gasteiger partial charge in [-0.05, 0) is 68.3 Å². The van der Waals surface area contributed by atoms with Crippen LogP contribution in [0.25, 0.3) is 10.9 Å². The number of sulfonamides is 1. The van der Waals surface area contributed by atoms with Crippen LogP contribution < -0.4 is 14.9 Å². The van der Waals surface area contributed by atoms with Crippen molar-refractivity contribution >= 4 is 56.1 Å². The third kappa shape index (κ3) is 7.39. The standard InChI is InChI=1S/C33H35N7O6S/c1-21-11-12-26(18-29(21)47(34,43)44)40(33(42)46-19-22(2)31(41)45-20-24-9-7-6-8-10-24)32-35-16-15-30(36-32)38(4)25-13-14-27-23(3)39(5)37-28(27)17-25/h6-18,22H,19-20H2,1-5H3,(H2,34,43,44)/t22-/m0/s1. The molecule has 1 amide bonds. The van der Waals surface area contributed by atoms with E-state index < -0.39 is 28.0 Å². The topological polar surface area (TPSA) is 163 Å². The number of primary sulfonamides is 1.